The van der Waals surface area contributed by atoms with E-state index in [4.69, 9.17) is 14.4 Å². The standard InChI is InChI=1S/C25H33NO6S/c1-20(33(29,30)31)19-22-14-16-24(23(26-22)15-17-25(27)28)32-18-10-5-3-2-4-7-11-21-12-8-6-9-13-21/h6,8-9,12-17,20H,2-5,7,10-11,18-19H2,1H3,(H,27,28)(H,29,30,31)/b17-15+. The van der Waals surface area contributed by atoms with Crippen molar-refractivity contribution in [1.82, 2.24) is 4.98 Å². The Balaban J connectivity index is 1.77. The van der Waals surface area contributed by atoms with Gasteiger partial charge in [-0.2, -0.15) is 8.42 Å². The summed E-state index contributed by atoms with van der Waals surface area (Å²) in [5.74, 6) is -0.676. The number of aryl methyl sites for hydroxylation is 1. The van der Waals surface area contributed by atoms with E-state index < -0.39 is 21.3 Å². The average molecular weight is 476 g/mol. The summed E-state index contributed by atoms with van der Waals surface area (Å²) in [6, 6.07) is 13.8. The summed E-state index contributed by atoms with van der Waals surface area (Å²) in [6.45, 7) is 1.87. The van der Waals surface area contributed by atoms with E-state index in [-0.39, 0.29) is 6.42 Å². The van der Waals surface area contributed by atoms with Crippen LogP contribution in [0.1, 0.15) is 62.4 Å². The molecule has 1 heterocycles. The molecule has 2 aromatic rings. The molecule has 180 valence electrons. The molecule has 7 nitrogen and oxygen atoms in total. The monoisotopic (exact) mass is 475 g/mol. The number of carboxylic acids is 1. The molecule has 8 heteroatoms. The van der Waals surface area contributed by atoms with Crippen molar-refractivity contribution in [2.75, 3.05) is 6.61 Å². The molecule has 0 fully saturated rings. The number of aliphatic carboxylic acids is 1. The molecule has 1 aromatic heterocycles. The molecule has 1 aromatic carbocycles. The molecular weight excluding hydrogens is 442 g/mol. The number of hydrogen-bond acceptors (Lipinski definition) is 5. The van der Waals surface area contributed by atoms with Crippen molar-refractivity contribution in [1.29, 1.82) is 0 Å². The molecule has 0 bridgehead atoms. The van der Waals surface area contributed by atoms with Crippen LogP contribution in [0.3, 0.4) is 0 Å². The van der Waals surface area contributed by atoms with Gasteiger partial charge in [-0.1, -0.05) is 56.0 Å². The minimum atomic E-state index is -4.18. The predicted molar refractivity (Wildman–Crippen MR) is 129 cm³/mol. The summed E-state index contributed by atoms with van der Waals surface area (Å²) in [5, 5.41) is 7.91. The molecule has 0 saturated heterocycles. The highest BCUT2D eigenvalue weighted by molar-refractivity contribution is 7.86. The second-order valence-electron chi connectivity index (χ2n) is 8.09. The Morgan fingerprint density at radius 3 is 2.36 bits per heavy atom. The van der Waals surface area contributed by atoms with E-state index in [2.05, 4.69) is 29.2 Å². The van der Waals surface area contributed by atoms with Gasteiger partial charge in [0.2, 0.25) is 0 Å². The first-order valence-electron chi connectivity index (χ1n) is 11.3. The third kappa shape index (κ3) is 10.6. The van der Waals surface area contributed by atoms with Gasteiger partial charge >= 0.3 is 5.97 Å². The zero-order chi connectivity index (χ0) is 24.1. The summed E-state index contributed by atoms with van der Waals surface area (Å²) in [7, 11) is -4.18. The van der Waals surface area contributed by atoms with Crippen LogP contribution in [-0.4, -0.2) is 40.9 Å². The Kier molecular flexibility index (Phi) is 11.1. The van der Waals surface area contributed by atoms with Crippen LogP contribution in [0, 0.1) is 0 Å². The lowest BCUT2D eigenvalue weighted by molar-refractivity contribution is -0.131. The number of hydrogen-bond donors (Lipinski definition) is 2. The third-order valence-corrected chi connectivity index (χ3v) is 6.48. The highest BCUT2D eigenvalue weighted by atomic mass is 32.2. The normalized spacial score (nSPS) is 12.7. The molecule has 0 spiro atoms. The first-order chi connectivity index (χ1) is 15.8. The van der Waals surface area contributed by atoms with E-state index in [1.807, 2.05) is 6.07 Å². The van der Waals surface area contributed by atoms with Gasteiger partial charge in [-0.15, -0.1) is 0 Å². The number of ether oxygens (including phenoxy) is 1. The molecule has 1 unspecified atom stereocenters. The molecule has 0 saturated carbocycles. The minimum Gasteiger partial charge on any atom is -0.491 e. The van der Waals surface area contributed by atoms with Gasteiger partial charge in [0.15, 0.2) is 0 Å². The van der Waals surface area contributed by atoms with Crippen LogP contribution in [0.25, 0.3) is 6.08 Å². The smallest absolute Gasteiger partial charge is 0.328 e. The van der Waals surface area contributed by atoms with Crippen molar-refractivity contribution in [3.63, 3.8) is 0 Å². The number of aromatic nitrogens is 1. The van der Waals surface area contributed by atoms with Gasteiger partial charge in [0.05, 0.1) is 11.9 Å². The summed E-state index contributed by atoms with van der Waals surface area (Å²) in [4.78, 5) is 15.2. The molecule has 2 N–H and O–H groups in total. The van der Waals surface area contributed by atoms with Gasteiger partial charge in [-0.05, 0) is 50.0 Å². The van der Waals surface area contributed by atoms with Crippen molar-refractivity contribution >= 4 is 22.2 Å². The molecule has 1 atom stereocenters. The van der Waals surface area contributed by atoms with Gasteiger partial charge in [0.1, 0.15) is 11.4 Å². The van der Waals surface area contributed by atoms with Crippen LogP contribution in [0.4, 0.5) is 0 Å². The lowest BCUT2D eigenvalue weighted by Crippen LogP contribution is -2.19. The second kappa shape index (κ2) is 13.7. The number of rotatable bonds is 15. The van der Waals surface area contributed by atoms with E-state index in [1.54, 1.807) is 12.1 Å². The van der Waals surface area contributed by atoms with Gasteiger partial charge in [0.25, 0.3) is 10.1 Å². The molecule has 0 aliphatic carbocycles. The average Bonchev–Trinajstić information content (AvgIpc) is 2.77. The molecule has 0 aliphatic heterocycles. The number of carboxylic acid groups (broad SMARTS) is 1. The number of nitrogens with zero attached hydrogens (tertiary/aromatic N) is 1. The molecule has 2 rings (SSSR count). The fourth-order valence-electron chi connectivity index (χ4n) is 3.37. The summed E-state index contributed by atoms with van der Waals surface area (Å²) in [6.07, 6.45) is 10.0. The highest BCUT2D eigenvalue weighted by Crippen LogP contribution is 2.21. The van der Waals surface area contributed by atoms with E-state index in [1.165, 1.54) is 37.8 Å². The fraction of sp³-hybridized carbons (Fsp3) is 0.440. The maximum absolute atomic E-state index is 11.3. The summed E-state index contributed by atoms with van der Waals surface area (Å²) >= 11 is 0. The van der Waals surface area contributed by atoms with Crippen LogP contribution >= 0.6 is 0 Å². The molecule has 0 aliphatic rings. The van der Waals surface area contributed by atoms with Gasteiger partial charge in [-0.3, -0.25) is 4.55 Å². The fourth-order valence-corrected chi connectivity index (χ4v) is 3.76. The first kappa shape index (κ1) is 26.5. The highest BCUT2D eigenvalue weighted by Gasteiger charge is 2.19. The third-order valence-electron chi connectivity index (χ3n) is 5.29. The van der Waals surface area contributed by atoms with Crippen molar-refractivity contribution in [3.05, 3.63) is 65.5 Å². The first-order valence-corrected chi connectivity index (χ1v) is 12.8. The van der Waals surface area contributed by atoms with Crippen molar-refractivity contribution in [2.45, 2.75) is 63.5 Å². The molecule has 0 amide bonds. The van der Waals surface area contributed by atoms with Crippen molar-refractivity contribution in [2.24, 2.45) is 0 Å². The Morgan fingerprint density at radius 1 is 1.03 bits per heavy atom. The van der Waals surface area contributed by atoms with Crippen molar-refractivity contribution in [3.8, 4) is 5.75 Å². The van der Waals surface area contributed by atoms with Crippen LogP contribution in [0.15, 0.2) is 48.5 Å². The second-order valence-corrected chi connectivity index (χ2v) is 9.93. The van der Waals surface area contributed by atoms with Crippen LogP contribution in [-0.2, 0) is 27.8 Å². The molecule has 33 heavy (non-hydrogen) atoms. The Hall–Kier alpha value is -2.71. The number of unbranched alkanes of at least 4 members (excludes halogenated alkanes) is 5. The maximum atomic E-state index is 11.3. The van der Waals surface area contributed by atoms with Crippen LogP contribution < -0.4 is 4.74 Å². The minimum absolute atomic E-state index is 0.0112. The topological polar surface area (TPSA) is 114 Å². The lowest BCUT2D eigenvalue weighted by atomic mass is 10.1. The quantitative estimate of drug-likeness (QED) is 0.213. The van der Waals surface area contributed by atoms with Gasteiger partial charge in [0, 0.05) is 18.2 Å². The lowest BCUT2D eigenvalue weighted by Gasteiger charge is -2.12. The number of benzene rings is 1. The van der Waals surface area contributed by atoms with Crippen LogP contribution in [0.5, 0.6) is 5.75 Å². The van der Waals surface area contributed by atoms with E-state index >= 15 is 0 Å². The number of carbonyl (C=O) groups is 1. The van der Waals surface area contributed by atoms with E-state index in [9.17, 15) is 13.2 Å². The largest absolute Gasteiger partial charge is 0.491 e. The Labute approximate surface area is 196 Å². The van der Waals surface area contributed by atoms with E-state index in [0.29, 0.717) is 23.7 Å². The maximum Gasteiger partial charge on any atom is 0.328 e. The summed E-state index contributed by atoms with van der Waals surface area (Å²) in [5.41, 5.74) is 2.12. The zero-order valence-electron chi connectivity index (χ0n) is 19.0. The predicted octanol–water partition coefficient (Wildman–Crippen LogP) is 4.96. The zero-order valence-corrected chi connectivity index (χ0v) is 19.8. The van der Waals surface area contributed by atoms with Gasteiger partial charge in [-0.25, -0.2) is 9.78 Å². The van der Waals surface area contributed by atoms with E-state index in [0.717, 1.165) is 31.8 Å². The Morgan fingerprint density at radius 2 is 1.70 bits per heavy atom. The SMILES string of the molecule is CC(Cc1ccc(OCCCCCCCCc2ccccc2)c(/C=C/C(=O)O)n1)S(=O)(=O)O. The Bertz CT molecular complexity index is 1000. The molecule has 0 radical (unpaired) electrons. The summed E-state index contributed by atoms with van der Waals surface area (Å²) < 4.78 is 37.5. The van der Waals surface area contributed by atoms with Crippen LogP contribution in [0.2, 0.25) is 0 Å². The van der Waals surface area contributed by atoms with Gasteiger partial charge < -0.3 is 9.84 Å². The molecular formula is C25H33NO6S. The van der Waals surface area contributed by atoms with Crippen molar-refractivity contribution < 1.29 is 27.6 Å². The number of pyridine rings is 1.